The second-order valence-corrected chi connectivity index (χ2v) is 6.27. The van der Waals surface area contributed by atoms with E-state index in [-0.39, 0.29) is 16.1 Å². The molecule has 2 rings (SSSR count). The molecular weight excluding hydrogens is 309 g/mol. The van der Waals surface area contributed by atoms with Crippen molar-refractivity contribution in [1.29, 1.82) is 0 Å². The quantitative estimate of drug-likeness (QED) is 0.878. The third-order valence-corrected chi connectivity index (χ3v) is 4.37. The molecule has 0 saturated carbocycles. The molecule has 0 fully saturated rings. The first-order chi connectivity index (χ1) is 10.3. The lowest BCUT2D eigenvalue weighted by Gasteiger charge is -2.09. The molecule has 0 aliphatic rings. The van der Waals surface area contributed by atoms with E-state index in [1.54, 1.807) is 6.92 Å². The third kappa shape index (κ3) is 3.43. The van der Waals surface area contributed by atoms with Crippen LogP contribution in [-0.2, 0) is 14.8 Å². The van der Waals surface area contributed by atoms with E-state index in [0.29, 0.717) is 5.56 Å². The Morgan fingerprint density at radius 2 is 1.91 bits per heavy atom. The van der Waals surface area contributed by atoms with Gasteiger partial charge in [0.25, 0.3) is 10.0 Å². The minimum atomic E-state index is -3.93. The van der Waals surface area contributed by atoms with Crippen molar-refractivity contribution in [2.24, 2.45) is 0 Å². The largest absolute Gasteiger partial charge is 0.465 e. The van der Waals surface area contributed by atoms with Gasteiger partial charge in [-0.1, -0.05) is 12.1 Å². The average Bonchev–Trinajstić information content (AvgIpc) is 2.50. The van der Waals surface area contributed by atoms with Gasteiger partial charge in [-0.25, -0.2) is 17.6 Å². The van der Waals surface area contributed by atoms with Crippen molar-refractivity contribution < 1.29 is 22.3 Å². The standard InChI is InChI=1S/C15H14FNO4S/c1-10-6-7-12(9-14(10)16)17-22(19,20)13-5-3-4-11(8-13)15(18)21-2/h3-9,17H,1-2H3. The molecule has 0 aromatic heterocycles. The van der Waals surface area contributed by atoms with E-state index in [9.17, 15) is 17.6 Å². The number of rotatable bonds is 4. The number of carbonyl (C=O) groups excluding carboxylic acids is 1. The fraction of sp³-hybridized carbons (Fsp3) is 0.133. The molecule has 22 heavy (non-hydrogen) atoms. The Morgan fingerprint density at radius 1 is 1.18 bits per heavy atom. The first-order valence-corrected chi connectivity index (χ1v) is 7.79. The van der Waals surface area contributed by atoms with Gasteiger partial charge in [0.15, 0.2) is 0 Å². The minimum absolute atomic E-state index is 0.103. The summed E-state index contributed by atoms with van der Waals surface area (Å²) >= 11 is 0. The van der Waals surface area contributed by atoms with Gasteiger partial charge in [0.05, 0.1) is 23.3 Å². The van der Waals surface area contributed by atoms with Gasteiger partial charge < -0.3 is 4.74 Å². The van der Waals surface area contributed by atoms with Crippen LogP contribution in [0.15, 0.2) is 47.4 Å². The van der Waals surface area contributed by atoms with Crippen LogP contribution >= 0.6 is 0 Å². The normalized spacial score (nSPS) is 11.0. The van der Waals surface area contributed by atoms with Crippen LogP contribution in [0.4, 0.5) is 10.1 Å². The van der Waals surface area contributed by atoms with E-state index in [0.717, 1.165) is 6.07 Å². The van der Waals surface area contributed by atoms with Crippen molar-refractivity contribution in [1.82, 2.24) is 0 Å². The summed E-state index contributed by atoms with van der Waals surface area (Å²) in [6.07, 6.45) is 0. The third-order valence-electron chi connectivity index (χ3n) is 2.99. The molecule has 0 atom stereocenters. The second-order valence-electron chi connectivity index (χ2n) is 4.59. The van der Waals surface area contributed by atoms with E-state index >= 15 is 0 Å². The van der Waals surface area contributed by atoms with Crippen molar-refractivity contribution in [3.63, 3.8) is 0 Å². The summed E-state index contributed by atoms with van der Waals surface area (Å²) in [6.45, 7) is 1.58. The monoisotopic (exact) mass is 323 g/mol. The fourth-order valence-corrected chi connectivity index (χ4v) is 2.87. The molecule has 0 amide bonds. The Bertz CT molecular complexity index is 818. The lowest BCUT2D eigenvalue weighted by Crippen LogP contribution is -2.14. The molecule has 0 heterocycles. The molecule has 0 saturated heterocycles. The molecule has 0 aliphatic carbocycles. The van der Waals surface area contributed by atoms with E-state index < -0.39 is 21.8 Å². The molecular formula is C15H14FNO4S. The molecule has 0 unspecified atom stereocenters. The Morgan fingerprint density at radius 3 is 2.55 bits per heavy atom. The Balaban J connectivity index is 2.34. The van der Waals surface area contributed by atoms with Gasteiger partial charge in [-0.2, -0.15) is 0 Å². The number of benzene rings is 2. The van der Waals surface area contributed by atoms with Gasteiger partial charge >= 0.3 is 5.97 Å². The zero-order valence-corrected chi connectivity index (χ0v) is 12.8. The lowest BCUT2D eigenvalue weighted by atomic mass is 10.2. The highest BCUT2D eigenvalue weighted by Gasteiger charge is 2.17. The molecule has 1 N–H and O–H groups in total. The van der Waals surface area contributed by atoms with Crippen LogP contribution in [0, 0.1) is 12.7 Å². The highest BCUT2D eigenvalue weighted by molar-refractivity contribution is 7.92. The number of carbonyl (C=O) groups is 1. The molecule has 7 heteroatoms. The summed E-state index contributed by atoms with van der Waals surface area (Å²) in [4.78, 5) is 11.3. The lowest BCUT2D eigenvalue weighted by molar-refractivity contribution is 0.0600. The van der Waals surface area contributed by atoms with Crippen LogP contribution < -0.4 is 4.72 Å². The van der Waals surface area contributed by atoms with Crippen molar-refractivity contribution >= 4 is 21.7 Å². The maximum atomic E-state index is 13.5. The maximum absolute atomic E-state index is 13.5. The first kappa shape index (κ1) is 16.0. The van der Waals surface area contributed by atoms with Gasteiger partial charge in [-0.05, 0) is 42.8 Å². The van der Waals surface area contributed by atoms with Gasteiger partial charge in [-0.3, -0.25) is 4.72 Å². The smallest absolute Gasteiger partial charge is 0.337 e. The van der Waals surface area contributed by atoms with Gasteiger partial charge in [0.2, 0.25) is 0 Å². The summed E-state index contributed by atoms with van der Waals surface area (Å²) < 4.78 is 44.8. The number of methoxy groups -OCH3 is 1. The molecule has 2 aromatic carbocycles. The number of esters is 1. The van der Waals surface area contributed by atoms with E-state index in [1.807, 2.05) is 0 Å². The number of sulfonamides is 1. The van der Waals surface area contributed by atoms with Crippen LogP contribution in [0.1, 0.15) is 15.9 Å². The Kier molecular flexibility index (Phi) is 4.46. The van der Waals surface area contributed by atoms with E-state index in [2.05, 4.69) is 9.46 Å². The molecule has 116 valence electrons. The Hall–Kier alpha value is -2.41. The maximum Gasteiger partial charge on any atom is 0.337 e. The number of halogens is 1. The molecule has 0 bridgehead atoms. The van der Waals surface area contributed by atoms with Crippen LogP contribution in [0.3, 0.4) is 0 Å². The number of hydrogen-bond acceptors (Lipinski definition) is 4. The number of hydrogen-bond donors (Lipinski definition) is 1. The topological polar surface area (TPSA) is 72.5 Å². The van der Waals surface area contributed by atoms with E-state index in [4.69, 9.17) is 0 Å². The first-order valence-electron chi connectivity index (χ1n) is 6.31. The fourth-order valence-electron chi connectivity index (χ4n) is 1.78. The predicted octanol–water partition coefficient (Wildman–Crippen LogP) is 2.72. The van der Waals surface area contributed by atoms with Gasteiger partial charge in [0.1, 0.15) is 5.82 Å². The number of aryl methyl sites for hydroxylation is 1. The number of nitrogens with one attached hydrogen (secondary N) is 1. The number of anilines is 1. The van der Waals surface area contributed by atoms with Crippen molar-refractivity contribution in [2.75, 3.05) is 11.8 Å². The molecule has 2 aromatic rings. The van der Waals surface area contributed by atoms with Crippen molar-refractivity contribution in [3.8, 4) is 0 Å². The molecule has 5 nitrogen and oxygen atoms in total. The Labute approximate surface area is 127 Å². The number of ether oxygens (including phenoxy) is 1. The summed E-state index contributed by atoms with van der Waals surface area (Å²) in [5, 5.41) is 0. The van der Waals surface area contributed by atoms with Crippen molar-refractivity contribution in [3.05, 3.63) is 59.4 Å². The van der Waals surface area contributed by atoms with E-state index in [1.165, 1.54) is 43.5 Å². The predicted molar refractivity (Wildman–Crippen MR) is 79.7 cm³/mol. The summed E-state index contributed by atoms with van der Waals surface area (Å²) in [5.74, 6) is -1.15. The summed E-state index contributed by atoms with van der Waals surface area (Å²) in [6, 6.07) is 9.42. The zero-order chi connectivity index (χ0) is 16.3. The highest BCUT2D eigenvalue weighted by atomic mass is 32.2. The minimum Gasteiger partial charge on any atom is -0.465 e. The summed E-state index contributed by atoms with van der Waals surface area (Å²) in [7, 11) is -2.73. The SMILES string of the molecule is COC(=O)c1cccc(S(=O)(=O)Nc2ccc(C)c(F)c2)c1. The average molecular weight is 323 g/mol. The zero-order valence-electron chi connectivity index (χ0n) is 12.0. The van der Waals surface area contributed by atoms with Gasteiger partial charge in [0, 0.05) is 0 Å². The van der Waals surface area contributed by atoms with Crippen LogP contribution in [0.5, 0.6) is 0 Å². The van der Waals surface area contributed by atoms with Crippen LogP contribution in [-0.4, -0.2) is 21.5 Å². The van der Waals surface area contributed by atoms with Crippen LogP contribution in [0.25, 0.3) is 0 Å². The van der Waals surface area contributed by atoms with Gasteiger partial charge in [-0.15, -0.1) is 0 Å². The van der Waals surface area contributed by atoms with Crippen molar-refractivity contribution in [2.45, 2.75) is 11.8 Å². The summed E-state index contributed by atoms with van der Waals surface area (Å²) in [5.41, 5.74) is 0.627. The highest BCUT2D eigenvalue weighted by Crippen LogP contribution is 2.19. The molecule has 0 radical (unpaired) electrons. The van der Waals surface area contributed by atoms with Crippen LogP contribution in [0.2, 0.25) is 0 Å². The second kappa shape index (κ2) is 6.15. The molecule has 0 aliphatic heterocycles. The molecule has 0 spiro atoms.